The van der Waals surface area contributed by atoms with Crippen molar-refractivity contribution in [2.75, 3.05) is 50.6 Å². The van der Waals surface area contributed by atoms with Crippen molar-refractivity contribution < 1.29 is 19.3 Å². The molecule has 196 valence electrons. The number of nitrogen functional groups attached to an aromatic ring is 1. The van der Waals surface area contributed by atoms with E-state index >= 15 is 4.39 Å². The molecule has 1 aliphatic rings. The minimum Gasteiger partial charge on any atom is -0.496 e. The van der Waals surface area contributed by atoms with Crippen LogP contribution in [-0.4, -0.2) is 69.9 Å². The molecule has 1 fully saturated rings. The second-order valence-corrected chi connectivity index (χ2v) is 9.55. The molecule has 3 aromatic rings. The quantitative estimate of drug-likeness (QED) is 0.262. The number of aliphatic hydroxyl groups is 2. The van der Waals surface area contributed by atoms with Crippen LogP contribution >= 0.6 is 0 Å². The van der Waals surface area contributed by atoms with Crippen LogP contribution in [0.3, 0.4) is 0 Å². The van der Waals surface area contributed by atoms with Crippen LogP contribution in [0.4, 0.5) is 16.2 Å². The number of nitrogens with zero attached hydrogens (tertiary/aromatic N) is 5. The van der Waals surface area contributed by atoms with E-state index in [2.05, 4.69) is 27.3 Å². The number of unbranched alkanes of at least 4 members (excludes halogenated alkanes) is 1. The number of anilines is 2. The smallest absolute Gasteiger partial charge is 0.222 e. The predicted molar refractivity (Wildman–Crippen MR) is 136 cm³/mol. The molecule has 2 aromatic heterocycles. The fourth-order valence-corrected chi connectivity index (χ4v) is 4.36. The molecule has 4 rings (SSSR count). The van der Waals surface area contributed by atoms with Crippen molar-refractivity contribution in [3.05, 3.63) is 35.3 Å². The molecule has 1 aliphatic carbocycles. The van der Waals surface area contributed by atoms with Crippen molar-refractivity contribution in [1.82, 2.24) is 25.1 Å². The van der Waals surface area contributed by atoms with Crippen molar-refractivity contribution in [2.45, 2.75) is 45.7 Å². The van der Waals surface area contributed by atoms with Gasteiger partial charge < -0.3 is 30.9 Å². The summed E-state index contributed by atoms with van der Waals surface area (Å²) in [5.74, 6) is 0.727. The highest BCUT2D eigenvalue weighted by Crippen LogP contribution is 2.44. The molecule has 11 heteroatoms. The van der Waals surface area contributed by atoms with E-state index in [1.54, 1.807) is 10.9 Å². The molecule has 0 bridgehead atoms. The van der Waals surface area contributed by atoms with E-state index < -0.39 is 0 Å². The SMILES string of the molecule is CCCCN(CCO)c1nc(N)nc2cn(Cc3c(F)cc(CNCC4(CO)CC4)cc3OC)nc12. The Labute approximate surface area is 210 Å². The molecule has 5 N–H and O–H groups in total. The first-order valence-electron chi connectivity index (χ1n) is 12.4. The van der Waals surface area contributed by atoms with Crippen LogP contribution in [0.2, 0.25) is 0 Å². The number of aromatic nitrogens is 4. The van der Waals surface area contributed by atoms with Crippen LogP contribution in [-0.2, 0) is 13.1 Å². The highest BCUT2D eigenvalue weighted by atomic mass is 19.1. The average molecular weight is 502 g/mol. The summed E-state index contributed by atoms with van der Waals surface area (Å²) in [4.78, 5) is 10.7. The van der Waals surface area contributed by atoms with Crippen molar-refractivity contribution in [3.63, 3.8) is 0 Å². The van der Waals surface area contributed by atoms with Gasteiger partial charge in [-0.15, -0.1) is 0 Å². The summed E-state index contributed by atoms with van der Waals surface area (Å²) < 4.78 is 22.3. The predicted octanol–water partition coefficient (Wildman–Crippen LogP) is 2.07. The molecule has 0 atom stereocenters. The van der Waals surface area contributed by atoms with Gasteiger partial charge in [0.1, 0.15) is 17.1 Å². The monoisotopic (exact) mass is 501 g/mol. The van der Waals surface area contributed by atoms with Crippen LogP contribution in [0.25, 0.3) is 11.0 Å². The molecule has 1 aromatic carbocycles. The number of halogens is 1. The average Bonchev–Trinajstić information content (AvgIpc) is 3.53. The van der Waals surface area contributed by atoms with Crippen LogP contribution < -0.4 is 20.7 Å². The summed E-state index contributed by atoms with van der Waals surface area (Å²) in [7, 11) is 1.52. The van der Waals surface area contributed by atoms with Gasteiger partial charge in [0.05, 0.1) is 32.0 Å². The Morgan fingerprint density at radius 1 is 1.25 bits per heavy atom. The minimum absolute atomic E-state index is 0.0148. The van der Waals surface area contributed by atoms with Gasteiger partial charge in [0, 0.05) is 38.2 Å². The van der Waals surface area contributed by atoms with Crippen LogP contribution in [0.5, 0.6) is 5.75 Å². The lowest BCUT2D eigenvalue weighted by molar-refractivity contribution is 0.207. The zero-order valence-corrected chi connectivity index (χ0v) is 21.0. The fraction of sp³-hybridized carbons (Fsp3) is 0.560. The third-order valence-corrected chi connectivity index (χ3v) is 6.74. The first-order valence-corrected chi connectivity index (χ1v) is 12.4. The van der Waals surface area contributed by atoms with E-state index in [-0.39, 0.29) is 36.9 Å². The van der Waals surface area contributed by atoms with Crippen molar-refractivity contribution in [1.29, 1.82) is 0 Å². The van der Waals surface area contributed by atoms with Crippen LogP contribution in [0, 0.1) is 11.2 Å². The highest BCUT2D eigenvalue weighted by Gasteiger charge is 2.41. The van der Waals surface area contributed by atoms with Crippen LogP contribution in [0.1, 0.15) is 43.7 Å². The molecule has 0 aliphatic heterocycles. The van der Waals surface area contributed by atoms with Crippen molar-refractivity contribution in [3.8, 4) is 5.75 Å². The molecule has 1 saturated carbocycles. The van der Waals surface area contributed by atoms with Gasteiger partial charge in [-0.3, -0.25) is 4.68 Å². The number of hydrogen-bond acceptors (Lipinski definition) is 9. The Hall–Kier alpha value is -3.02. The Morgan fingerprint density at radius 3 is 2.72 bits per heavy atom. The summed E-state index contributed by atoms with van der Waals surface area (Å²) in [6.07, 6.45) is 5.66. The third kappa shape index (κ3) is 5.85. The molecular weight excluding hydrogens is 465 g/mol. The molecular formula is C25H36FN7O3. The van der Waals surface area contributed by atoms with Gasteiger partial charge in [0.15, 0.2) is 11.3 Å². The van der Waals surface area contributed by atoms with E-state index in [0.29, 0.717) is 54.3 Å². The normalized spacial score (nSPS) is 14.4. The second kappa shape index (κ2) is 11.4. The van der Waals surface area contributed by atoms with Gasteiger partial charge in [-0.2, -0.15) is 10.1 Å². The molecule has 0 radical (unpaired) electrons. The van der Waals surface area contributed by atoms with Gasteiger partial charge in [-0.25, -0.2) is 9.37 Å². The number of hydrogen-bond donors (Lipinski definition) is 4. The highest BCUT2D eigenvalue weighted by molar-refractivity contribution is 5.86. The van der Waals surface area contributed by atoms with Gasteiger partial charge >= 0.3 is 0 Å². The zero-order valence-electron chi connectivity index (χ0n) is 21.0. The minimum atomic E-state index is -0.385. The number of aliphatic hydroxyl groups excluding tert-OH is 2. The van der Waals surface area contributed by atoms with E-state index in [1.165, 1.54) is 13.2 Å². The topological polar surface area (TPSA) is 135 Å². The molecule has 36 heavy (non-hydrogen) atoms. The number of ether oxygens (including phenoxy) is 1. The maximum Gasteiger partial charge on any atom is 0.222 e. The maximum atomic E-state index is 15.2. The molecule has 0 unspecified atom stereocenters. The number of nitrogens with one attached hydrogen (secondary N) is 1. The zero-order chi connectivity index (χ0) is 25.7. The molecule has 2 heterocycles. The number of methoxy groups -OCH3 is 1. The van der Waals surface area contributed by atoms with Crippen molar-refractivity contribution >= 4 is 22.8 Å². The van der Waals surface area contributed by atoms with Gasteiger partial charge in [-0.1, -0.05) is 13.3 Å². The van der Waals surface area contributed by atoms with Gasteiger partial charge in [-0.05, 0) is 37.0 Å². The molecule has 0 saturated heterocycles. The first-order chi connectivity index (χ1) is 17.4. The first kappa shape index (κ1) is 26.1. The summed E-state index contributed by atoms with van der Waals surface area (Å²) in [6, 6.07) is 3.33. The summed E-state index contributed by atoms with van der Waals surface area (Å²) in [5.41, 5.74) is 8.20. The van der Waals surface area contributed by atoms with E-state index in [4.69, 9.17) is 10.5 Å². The molecule has 0 spiro atoms. The Kier molecular flexibility index (Phi) is 8.22. The number of fused-ring (bicyclic) bond motifs is 1. The molecule has 0 amide bonds. The van der Waals surface area contributed by atoms with E-state index in [0.717, 1.165) is 31.2 Å². The Morgan fingerprint density at radius 2 is 2.06 bits per heavy atom. The lowest BCUT2D eigenvalue weighted by Crippen LogP contribution is -2.29. The number of nitrogens with two attached hydrogens (primary N) is 1. The Balaban J connectivity index is 1.57. The fourth-order valence-electron chi connectivity index (χ4n) is 4.36. The lowest BCUT2D eigenvalue weighted by atomic mass is 10.1. The van der Waals surface area contributed by atoms with Crippen LogP contribution in [0.15, 0.2) is 18.3 Å². The Bertz CT molecular complexity index is 1180. The largest absolute Gasteiger partial charge is 0.496 e. The van der Waals surface area contributed by atoms with E-state index in [9.17, 15) is 10.2 Å². The summed E-state index contributed by atoms with van der Waals surface area (Å²) >= 11 is 0. The van der Waals surface area contributed by atoms with Gasteiger partial charge in [0.25, 0.3) is 0 Å². The second-order valence-electron chi connectivity index (χ2n) is 9.55. The number of rotatable bonds is 14. The summed E-state index contributed by atoms with van der Waals surface area (Å²) in [5, 5.41) is 27.0. The van der Waals surface area contributed by atoms with E-state index in [1.807, 2.05) is 11.0 Å². The maximum absolute atomic E-state index is 15.2. The summed E-state index contributed by atoms with van der Waals surface area (Å²) in [6.45, 7) is 4.66. The van der Waals surface area contributed by atoms with Crippen molar-refractivity contribution in [2.24, 2.45) is 5.41 Å². The standard InChI is InChI=1S/C25H36FN7O3/c1-3-4-7-32(8-9-34)23-22-20(29-24(27)30-23)14-33(31-22)13-18-19(26)10-17(11-21(18)36-2)12-28-15-25(16-35)5-6-25/h10-11,14,28,34-35H,3-9,12-13,15-16H2,1-2H3,(H2,27,29). The number of benzene rings is 1. The van der Waals surface area contributed by atoms with Gasteiger partial charge in [0.2, 0.25) is 5.95 Å². The lowest BCUT2D eigenvalue weighted by Gasteiger charge is -2.22. The third-order valence-electron chi connectivity index (χ3n) is 6.74. The molecule has 10 nitrogen and oxygen atoms in total.